The minimum Gasteiger partial charge on any atom is -0.496 e. The molecule has 1 saturated heterocycles. The Kier molecular flexibility index (Phi) is 6.32. The third-order valence-electron chi connectivity index (χ3n) is 5.51. The Hall–Kier alpha value is -3.60. The highest BCUT2D eigenvalue weighted by Crippen LogP contribution is 2.26. The lowest BCUT2D eigenvalue weighted by Gasteiger charge is -2.16. The number of nitrogens with one attached hydrogen (secondary N) is 1. The van der Waals surface area contributed by atoms with E-state index in [0.717, 1.165) is 35.5 Å². The minimum absolute atomic E-state index is 0.176. The summed E-state index contributed by atoms with van der Waals surface area (Å²) in [6, 6.07) is 23.3. The van der Waals surface area contributed by atoms with E-state index >= 15 is 0 Å². The summed E-state index contributed by atoms with van der Waals surface area (Å²) in [5.41, 5.74) is 4.44. The number of nitrogens with zero attached hydrogens (tertiary/aromatic N) is 1. The number of likely N-dealkylation sites (tertiary alicyclic amines) is 1. The van der Waals surface area contributed by atoms with E-state index < -0.39 is 0 Å². The van der Waals surface area contributed by atoms with Gasteiger partial charge in [0.05, 0.1) is 7.11 Å². The molecule has 3 aromatic rings. The van der Waals surface area contributed by atoms with Gasteiger partial charge in [0.1, 0.15) is 5.75 Å². The van der Waals surface area contributed by atoms with E-state index in [2.05, 4.69) is 17.4 Å². The fraction of sp³-hybridized carbons (Fsp3) is 0.231. The molecule has 0 unspecified atom stereocenters. The van der Waals surface area contributed by atoms with E-state index in [0.29, 0.717) is 24.9 Å². The van der Waals surface area contributed by atoms with E-state index in [1.54, 1.807) is 13.2 Å². The van der Waals surface area contributed by atoms with Gasteiger partial charge in [0.15, 0.2) is 0 Å². The second-order valence-electron chi connectivity index (χ2n) is 7.76. The number of anilines is 1. The molecular formula is C26H26N2O3. The lowest BCUT2D eigenvalue weighted by molar-refractivity contribution is -0.128. The summed E-state index contributed by atoms with van der Waals surface area (Å²) in [7, 11) is 1.65. The van der Waals surface area contributed by atoms with Crippen LogP contribution in [0, 0.1) is 0 Å². The van der Waals surface area contributed by atoms with Crippen molar-refractivity contribution in [1.29, 1.82) is 0 Å². The van der Waals surface area contributed by atoms with Crippen molar-refractivity contribution in [2.45, 2.75) is 25.8 Å². The van der Waals surface area contributed by atoms with Crippen molar-refractivity contribution in [2.24, 2.45) is 0 Å². The van der Waals surface area contributed by atoms with Crippen molar-refractivity contribution in [3.63, 3.8) is 0 Å². The van der Waals surface area contributed by atoms with Crippen LogP contribution in [0.15, 0.2) is 72.8 Å². The quantitative estimate of drug-likeness (QED) is 0.612. The van der Waals surface area contributed by atoms with E-state index in [1.807, 2.05) is 59.5 Å². The Morgan fingerprint density at radius 1 is 1.00 bits per heavy atom. The standard InChI is InChI=1S/C26H26N2O3/c1-31-24-13-12-23(17-22(24)15-19-7-3-2-4-8-19)27-26(30)21-10-5-9-20(16-21)18-28-14-6-11-25(28)29/h2-5,7-10,12-13,16-17H,6,11,14-15,18H2,1H3,(H,27,30). The van der Waals surface area contributed by atoms with Gasteiger partial charge in [-0.05, 0) is 47.9 Å². The third-order valence-corrected chi connectivity index (χ3v) is 5.51. The molecule has 0 bridgehead atoms. The molecule has 0 spiro atoms. The second kappa shape index (κ2) is 9.47. The number of rotatable bonds is 7. The van der Waals surface area contributed by atoms with Crippen LogP contribution in [0.25, 0.3) is 0 Å². The zero-order chi connectivity index (χ0) is 21.6. The topological polar surface area (TPSA) is 58.6 Å². The smallest absolute Gasteiger partial charge is 0.255 e. The molecular weight excluding hydrogens is 388 g/mol. The van der Waals surface area contributed by atoms with E-state index in [-0.39, 0.29) is 11.8 Å². The molecule has 0 saturated carbocycles. The van der Waals surface area contributed by atoms with E-state index in [9.17, 15) is 9.59 Å². The number of benzene rings is 3. The van der Waals surface area contributed by atoms with Crippen LogP contribution in [0.5, 0.6) is 5.75 Å². The van der Waals surface area contributed by atoms with Gasteiger partial charge < -0.3 is 15.0 Å². The highest BCUT2D eigenvalue weighted by Gasteiger charge is 2.20. The van der Waals surface area contributed by atoms with E-state index in [4.69, 9.17) is 4.74 Å². The third kappa shape index (κ3) is 5.12. The summed E-state index contributed by atoms with van der Waals surface area (Å²) in [4.78, 5) is 26.6. The zero-order valence-electron chi connectivity index (χ0n) is 17.6. The SMILES string of the molecule is COc1ccc(NC(=O)c2cccc(CN3CCCC3=O)c2)cc1Cc1ccccc1. The molecule has 158 valence electrons. The lowest BCUT2D eigenvalue weighted by Crippen LogP contribution is -2.24. The molecule has 0 atom stereocenters. The lowest BCUT2D eigenvalue weighted by atomic mass is 10.0. The van der Waals surface area contributed by atoms with E-state index in [1.165, 1.54) is 5.56 Å². The average molecular weight is 415 g/mol. The van der Waals surface area contributed by atoms with Gasteiger partial charge in [0.25, 0.3) is 5.91 Å². The number of hydrogen-bond donors (Lipinski definition) is 1. The Bertz CT molecular complexity index is 1080. The summed E-state index contributed by atoms with van der Waals surface area (Å²) >= 11 is 0. The van der Waals surface area contributed by atoms with Crippen molar-refractivity contribution < 1.29 is 14.3 Å². The van der Waals surface area contributed by atoms with Crippen molar-refractivity contribution in [1.82, 2.24) is 4.90 Å². The first-order valence-corrected chi connectivity index (χ1v) is 10.5. The summed E-state index contributed by atoms with van der Waals surface area (Å²) in [5.74, 6) is 0.795. The largest absolute Gasteiger partial charge is 0.496 e. The van der Waals surface area contributed by atoms with Crippen molar-refractivity contribution >= 4 is 17.5 Å². The van der Waals surface area contributed by atoms with Crippen LogP contribution in [0.4, 0.5) is 5.69 Å². The van der Waals surface area contributed by atoms with Gasteiger partial charge in [0.2, 0.25) is 5.91 Å². The highest BCUT2D eigenvalue weighted by molar-refractivity contribution is 6.04. The van der Waals surface area contributed by atoms with Crippen molar-refractivity contribution in [3.05, 3.63) is 95.1 Å². The fourth-order valence-electron chi connectivity index (χ4n) is 3.92. The number of ether oxygens (including phenoxy) is 1. The van der Waals surface area contributed by atoms with Gasteiger partial charge in [0, 0.05) is 42.7 Å². The fourth-order valence-corrected chi connectivity index (χ4v) is 3.92. The molecule has 5 heteroatoms. The summed E-state index contributed by atoms with van der Waals surface area (Å²) in [5, 5.41) is 2.99. The summed E-state index contributed by atoms with van der Waals surface area (Å²) in [6.45, 7) is 1.33. The summed E-state index contributed by atoms with van der Waals surface area (Å²) < 4.78 is 5.50. The molecule has 0 radical (unpaired) electrons. The minimum atomic E-state index is -0.176. The van der Waals surface area contributed by atoms with Crippen LogP contribution < -0.4 is 10.1 Å². The van der Waals surface area contributed by atoms with Crippen LogP contribution in [0.3, 0.4) is 0 Å². The van der Waals surface area contributed by atoms with Gasteiger partial charge in [-0.15, -0.1) is 0 Å². The van der Waals surface area contributed by atoms with Crippen LogP contribution in [0.1, 0.15) is 39.9 Å². The molecule has 1 heterocycles. The number of amides is 2. The monoisotopic (exact) mass is 414 g/mol. The molecule has 5 nitrogen and oxygen atoms in total. The van der Waals surface area contributed by atoms with Gasteiger partial charge >= 0.3 is 0 Å². The number of carbonyl (C=O) groups excluding carboxylic acids is 2. The predicted molar refractivity (Wildman–Crippen MR) is 121 cm³/mol. The molecule has 1 fully saturated rings. The molecule has 4 rings (SSSR count). The maximum Gasteiger partial charge on any atom is 0.255 e. The Balaban J connectivity index is 1.48. The number of hydrogen-bond acceptors (Lipinski definition) is 3. The maximum atomic E-state index is 12.9. The first-order valence-electron chi connectivity index (χ1n) is 10.5. The molecule has 2 amide bonds. The van der Waals surface area contributed by atoms with Crippen LogP contribution >= 0.6 is 0 Å². The van der Waals surface area contributed by atoms with Crippen LogP contribution in [-0.2, 0) is 17.8 Å². The normalized spacial score (nSPS) is 13.3. The number of carbonyl (C=O) groups is 2. The van der Waals surface area contributed by atoms with Crippen molar-refractivity contribution in [3.8, 4) is 5.75 Å². The van der Waals surface area contributed by atoms with Gasteiger partial charge in [-0.2, -0.15) is 0 Å². The highest BCUT2D eigenvalue weighted by atomic mass is 16.5. The van der Waals surface area contributed by atoms with Gasteiger partial charge in [-0.25, -0.2) is 0 Å². The molecule has 0 aliphatic carbocycles. The Labute approximate surface area is 182 Å². The molecule has 1 N–H and O–H groups in total. The van der Waals surface area contributed by atoms with Crippen LogP contribution in [-0.4, -0.2) is 30.4 Å². The molecule has 1 aliphatic rings. The molecule has 3 aromatic carbocycles. The van der Waals surface area contributed by atoms with Gasteiger partial charge in [-0.3, -0.25) is 9.59 Å². The van der Waals surface area contributed by atoms with Crippen LogP contribution in [0.2, 0.25) is 0 Å². The second-order valence-corrected chi connectivity index (χ2v) is 7.76. The molecule has 31 heavy (non-hydrogen) atoms. The zero-order valence-corrected chi connectivity index (χ0v) is 17.6. The summed E-state index contributed by atoms with van der Waals surface area (Å²) in [6.07, 6.45) is 2.23. The van der Waals surface area contributed by atoms with Crippen molar-refractivity contribution in [2.75, 3.05) is 19.0 Å². The van der Waals surface area contributed by atoms with Gasteiger partial charge in [-0.1, -0.05) is 42.5 Å². The number of methoxy groups -OCH3 is 1. The first kappa shape index (κ1) is 20.7. The Morgan fingerprint density at radius 3 is 2.55 bits per heavy atom. The average Bonchev–Trinajstić information content (AvgIpc) is 3.19. The first-order chi connectivity index (χ1) is 15.1. The maximum absolute atomic E-state index is 12.9. The molecule has 0 aromatic heterocycles. The molecule has 1 aliphatic heterocycles. The predicted octanol–water partition coefficient (Wildman–Crippen LogP) is 4.66. The Morgan fingerprint density at radius 2 is 1.81 bits per heavy atom.